The molecule has 7 nitrogen and oxygen atoms in total. The van der Waals surface area contributed by atoms with E-state index < -0.39 is 6.09 Å². The number of alkyl carbamates (subject to hydrolysis) is 1. The second-order valence-corrected chi connectivity index (χ2v) is 5.42. The monoisotopic (exact) mass is 336 g/mol. The first-order valence-electron chi connectivity index (χ1n) is 8.22. The summed E-state index contributed by atoms with van der Waals surface area (Å²) in [7, 11) is 0. The highest BCUT2D eigenvalue weighted by molar-refractivity contribution is 5.91. The van der Waals surface area contributed by atoms with Crippen LogP contribution in [0.1, 0.15) is 26.2 Å². The van der Waals surface area contributed by atoms with Gasteiger partial charge in [0.2, 0.25) is 5.91 Å². The van der Waals surface area contributed by atoms with E-state index in [1.165, 1.54) is 0 Å². The Kier molecular flexibility index (Phi) is 7.35. The molecule has 0 aromatic heterocycles. The molecule has 0 aliphatic carbocycles. The Balaban J connectivity index is 1.66. The summed E-state index contributed by atoms with van der Waals surface area (Å²) in [5.74, 6) is 0.562. The van der Waals surface area contributed by atoms with Crippen LogP contribution in [0.25, 0.3) is 0 Å². The number of benzene rings is 1. The smallest absolute Gasteiger partial charge is 0.407 e. The van der Waals surface area contributed by atoms with Gasteiger partial charge in [-0.05, 0) is 44.0 Å². The van der Waals surface area contributed by atoms with Crippen LogP contribution in [0.15, 0.2) is 24.3 Å². The van der Waals surface area contributed by atoms with Crippen LogP contribution in [0, 0.1) is 0 Å². The number of carbonyl (C=O) groups is 2. The van der Waals surface area contributed by atoms with Gasteiger partial charge in [-0.15, -0.1) is 0 Å². The average Bonchev–Trinajstić information content (AvgIpc) is 3.08. The van der Waals surface area contributed by atoms with E-state index in [1.807, 2.05) is 0 Å². The molecule has 2 rings (SSSR count). The molecule has 1 aromatic carbocycles. The van der Waals surface area contributed by atoms with Crippen LogP contribution in [-0.2, 0) is 14.3 Å². The van der Waals surface area contributed by atoms with Gasteiger partial charge in [0.1, 0.15) is 12.4 Å². The maximum Gasteiger partial charge on any atom is 0.407 e. The standard InChI is InChI=1S/C17H24N2O5/c1-2-22-17(21)18-10-9-16(20)19-13-5-7-14(8-6-13)24-12-15-4-3-11-23-15/h5-8,15H,2-4,9-12H2,1H3,(H,18,21)(H,19,20)/t15-/m1/s1. The number of rotatable bonds is 8. The molecule has 1 saturated heterocycles. The third kappa shape index (κ3) is 6.45. The molecule has 0 saturated carbocycles. The molecule has 1 aromatic rings. The van der Waals surface area contributed by atoms with Crippen LogP contribution in [0.2, 0.25) is 0 Å². The number of hydrogen-bond acceptors (Lipinski definition) is 5. The Labute approximate surface area is 141 Å². The van der Waals surface area contributed by atoms with Crippen molar-refractivity contribution in [2.75, 3.05) is 31.7 Å². The molecule has 2 amide bonds. The summed E-state index contributed by atoms with van der Waals surface area (Å²) in [4.78, 5) is 22.9. The van der Waals surface area contributed by atoms with Gasteiger partial charge >= 0.3 is 6.09 Å². The Morgan fingerprint density at radius 1 is 1.29 bits per heavy atom. The van der Waals surface area contributed by atoms with Crippen molar-refractivity contribution in [3.63, 3.8) is 0 Å². The highest BCUT2D eigenvalue weighted by Gasteiger charge is 2.15. The van der Waals surface area contributed by atoms with Crippen LogP contribution >= 0.6 is 0 Å². The summed E-state index contributed by atoms with van der Waals surface area (Å²) in [6, 6.07) is 7.17. The van der Waals surface area contributed by atoms with Gasteiger partial charge in [-0.25, -0.2) is 4.79 Å². The molecule has 7 heteroatoms. The first kappa shape index (κ1) is 18.1. The molecule has 1 heterocycles. The normalized spacial score (nSPS) is 16.5. The molecule has 0 unspecified atom stereocenters. The summed E-state index contributed by atoms with van der Waals surface area (Å²) < 4.78 is 15.9. The zero-order valence-electron chi connectivity index (χ0n) is 13.9. The molecule has 1 fully saturated rings. The number of carbonyl (C=O) groups excluding carboxylic acids is 2. The Morgan fingerprint density at radius 2 is 2.08 bits per heavy atom. The van der Waals surface area contributed by atoms with E-state index in [4.69, 9.17) is 14.2 Å². The van der Waals surface area contributed by atoms with Gasteiger partial charge in [0.05, 0.1) is 12.7 Å². The van der Waals surface area contributed by atoms with Crippen LogP contribution in [0.5, 0.6) is 5.75 Å². The van der Waals surface area contributed by atoms with E-state index in [9.17, 15) is 9.59 Å². The molecule has 1 aliphatic heterocycles. The molecule has 132 valence electrons. The number of ether oxygens (including phenoxy) is 3. The van der Waals surface area contributed by atoms with E-state index in [1.54, 1.807) is 31.2 Å². The molecule has 0 radical (unpaired) electrons. The molecular weight excluding hydrogens is 312 g/mol. The molecular formula is C17H24N2O5. The fraction of sp³-hybridized carbons (Fsp3) is 0.529. The van der Waals surface area contributed by atoms with Crippen molar-refractivity contribution in [1.29, 1.82) is 0 Å². The Morgan fingerprint density at radius 3 is 2.75 bits per heavy atom. The summed E-state index contributed by atoms with van der Waals surface area (Å²) in [6.45, 7) is 3.61. The largest absolute Gasteiger partial charge is 0.491 e. The zero-order chi connectivity index (χ0) is 17.2. The summed E-state index contributed by atoms with van der Waals surface area (Å²) in [5, 5.41) is 5.26. The number of nitrogens with one attached hydrogen (secondary N) is 2. The van der Waals surface area contributed by atoms with Gasteiger partial charge in [-0.2, -0.15) is 0 Å². The third-order valence-electron chi connectivity index (χ3n) is 3.49. The van der Waals surface area contributed by atoms with Crippen molar-refractivity contribution in [3.05, 3.63) is 24.3 Å². The maximum absolute atomic E-state index is 11.8. The van der Waals surface area contributed by atoms with E-state index in [0.717, 1.165) is 25.2 Å². The summed E-state index contributed by atoms with van der Waals surface area (Å²) in [5.41, 5.74) is 0.681. The predicted octanol–water partition coefficient (Wildman–Crippen LogP) is 2.32. The van der Waals surface area contributed by atoms with E-state index in [2.05, 4.69) is 10.6 Å². The fourth-order valence-electron chi connectivity index (χ4n) is 2.28. The summed E-state index contributed by atoms with van der Waals surface area (Å²) in [6.07, 6.45) is 1.96. The lowest BCUT2D eigenvalue weighted by Crippen LogP contribution is -2.28. The number of amides is 2. The lowest BCUT2D eigenvalue weighted by Gasteiger charge is -2.12. The van der Waals surface area contributed by atoms with Gasteiger partial charge < -0.3 is 24.8 Å². The minimum atomic E-state index is -0.516. The van der Waals surface area contributed by atoms with Crippen molar-refractivity contribution in [2.45, 2.75) is 32.3 Å². The van der Waals surface area contributed by atoms with Crippen LogP contribution < -0.4 is 15.4 Å². The lowest BCUT2D eigenvalue weighted by atomic mass is 10.2. The quantitative estimate of drug-likeness (QED) is 0.761. The van der Waals surface area contributed by atoms with Gasteiger partial charge in [0.25, 0.3) is 0 Å². The molecule has 1 atom stereocenters. The Hall–Kier alpha value is -2.28. The zero-order valence-corrected chi connectivity index (χ0v) is 13.9. The number of hydrogen-bond donors (Lipinski definition) is 2. The minimum Gasteiger partial charge on any atom is -0.491 e. The third-order valence-corrected chi connectivity index (χ3v) is 3.49. The molecule has 1 aliphatic rings. The van der Waals surface area contributed by atoms with Crippen molar-refractivity contribution < 1.29 is 23.8 Å². The van der Waals surface area contributed by atoms with Crippen LogP contribution in [-0.4, -0.2) is 44.5 Å². The minimum absolute atomic E-state index is 0.177. The number of anilines is 1. The molecule has 2 N–H and O–H groups in total. The SMILES string of the molecule is CCOC(=O)NCCC(=O)Nc1ccc(OC[C@H]2CCCO2)cc1. The van der Waals surface area contributed by atoms with Crippen molar-refractivity contribution >= 4 is 17.7 Å². The topological polar surface area (TPSA) is 85.9 Å². The van der Waals surface area contributed by atoms with E-state index >= 15 is 0 Å². The Bertz CT molecular complexity index is 526. The first-order chi connectivity index (χ1) is 11.7. The van der Waals surface area contributed by atoms with Crippen molar-refractivity contribution in [3.8, 4) is 5.75 Å². The molecule has 24 heavy (non-hydrogen) atoms. The van der Waals surface area contributed by atoms with E-state index in [-0.39, 0.29) is 25.0 Å². The second kappa shape index (κ2) is 9.77. The second-order valence-electron chi connectivity index (χ2n) is 5.42. The van der Waals surface area contributed by atoms with Crippen molar-refractivity contribution in [1.82, 2.24) is 5.32 Å². The fourth-order valence-corrected chi connectivity index (χ4v) is 2.28. The van der Waals surface area contributed by atoms with E-state index in [0.29, 0.717) is 18.9 Å². The summed E-state index contributed by atoms with van der Waals surface area (Å²) >= 11 is 0. The molecule has 0 spiro atoms. The van der Waals surface area contributed by atoms with Gasteiger partial charge in [-0.1, -0.05) is 0 Å². The first-order valence-corrected chi connectivity index (χ1v) is 8.22. The lowest BCUT2D eigenvalue weighted by molar-refractivity contribution is -0.116. The van der Waals surface area contributed by atoms with Gasteiger partial charge in [0, 0.05) is 25.3 Å². The van der Waals surface area contributed by atoms with Crippen LogP contribution in [0.3, 0.4) is 0 Å². The van der Waals surface area contributed by atoms with Crippen molar-refractivity contribution in [2.24, 2.45) is 0 Å². The maximum atomic E-state index is 11.8. The molecule has 0 bridgehead atoms. The highest BCUT2D eigenvalue weighted by atomic mass is 16.5. The van der Waals surface area contributed by atoms with Crippen LogP contribution in [0.4, 0.5) is 10.5 Å². The van der Waals surface area contributed by atoms with Gasteiger partial charge in [-0.3, -0.25) is 4.79 Å². The van der Waals surface area contributed by atoms with Gasteiger partial charge in [0.15, 0.2) is 0 Å². The highest BCUT2D eigenvalue weighted by Crippen LogP contribution is 2.18. The predicted molar refractivity (Wildman–Crippen MR) is 89.2 cm³/mol. The average molecular weight is 336 g/mol.